The van der Waals surface area contributed by atoms with Crippen molar-refractivity contribution in [1.82, 2.24) is 0 Å². The number of carbonyl (C=O) groups excluding carboxylic acids is 1. The van der Waals surface area contributed by atoms with Crippen LogP contribution >= 0.6 is 46.4 Å². The number of ether oxygens (including phenoxy) is 1. The Labute approximate surface area is 91.1 Å². The van der Waals surface area contributed by atoms with Crippen molar-refractivity contribution in [1.29, 1.82) is 0 Å². The Bertz CT molecular complexity index is 158. The predicted molar refractivity (Wildman–Crippen MR) is 51.2 cm³/mol. The van der Waals surface area contributed by atoms with Crippen LogP contribution in [0.4, 0.5) is 0 Å². The summed E-state index contributed by atoms with van der Waals surface area (Å²) in [6.07, 6.45) is -0.0575. The van der Waals surface area contributed by atoms with Crippen LogP contribution in [0.15, 0.2) is 0 Å². The fraction of sp³-hybridized carbons (Fsp3) is 0.833. The number of esters is 1. The zero-order valence-corrected chi connectivity index (χ0v) is 9.34. The third-order valence-corrected chi connectivity index (χ3v) is 1.91. The van der Waals surface area contributed by atoms with E-state index < -0.39 is 15.1 Å². The number of hydrogen-bond acceptors (Lipinski definition) is 2. The van der Waals surface area contributed by atoms with E-state index in [1.165, 1.54) is 0 Å². The fourth-order valence-corrected chi connectivity index (χ4v) is 1.71. The van der Waals surface area contributed by atoms with E-state index in [0.717, 1.165) is 0 Å². The summed E-state index contributed by atoms with van der Waals surface area (Å²) in [5.41, 5.74) is 0. The minimum atomic E-state index is -1.65. The smallest absolute Gasteiger partial charge is 0.342 e. The van der Waals surface area contributed by atoms with Gasteiger partial charge in [-0.3, -0.25) is 0 Å². The molecule has 0 aliphatic rings. The molecule has 72 valence electrons. The highest BCUT2D eigenvalue weighted by molar-refractivity contribution is 6.58. The first-order chi connectivity index (χ1) is 5.40. The first-order valence-corrected chi connectivity index (χ1v) is 4.86. The summed E-state index contributed by atoms with van der Waals surface area (Å²) in [7, 11) is 0. The summed E-state index contributed by atoms with van der Waals surface area (Å²) in [5, 5.41) is 0. The molecule has 0 amide bonds. The van der Waals surface area contributed by atoms with Crippen LogP contribution < -0.4 is 0 Å². The minimum absolute atomic E-state index is 0.0575. The van der Waals surface area contributed by atoms with Crippen LogP contribution in [0, 0.1) is 0 Å². The average Bonchev–Trinajstić information content (AvgIpc) is 1.85. The third kappa shape index (κ3) is 4.61. The molecular weight excluding hydrogens is 246 g/mol. The van der Waals surface area contributed by atoms with E-state index in [-0.39, 0.29) is 13.0 Å². The maximum atomic E-state index is 11.0. The zero-order valence-electron chi connectivity index (χ0n) is 6.32. The Hall–Kier alpha value is 0.630. The minimum Gasteiger partial charge on any atom is -0.464 e. The molecule has 12 heavy (non-hydrogen) atoms. The predicted octanol–water partition coefficient (Wildman–Crippen LogP) is 2.92. The van der Waals surface area contributed by atoms with E-state index in [9.17, 15) is 4.79 Å². The van der Waals surface area contributed by atoms with Gasteiger partial charge in [0.2, 0.25) is 4.33 Å². The average molecular weight is 254 g/mol. The van der Waals surface area contributed by atoms with E-state index in [1.54, 1.807) is 6.92 Å². The zero-order chi connectivity index (χ0) is 9.78. The van der Waals surface area contributed by atoms with Crippen molar-refractivity contribution in [2.45, 2.75) is 22.5 Å². The van der Waals surface area contributed by atoms with Gasteiger partial charge in [0.05, 0.1) is 6.61 Å². The molecule has 6 heteroatoms. The first kappa shape index (κ1) is 12.6. The van der Waals surface area contributed by atoms with Gasteiger partial charge in [0.25, 0.3) is 0 Å². The van der Waals surface area contributed by atoms with Crippen molar-refractivity contribution in [2.75, 3.05) is 6.61 Å². The van der Waals surface area contributed by atoms with E-state index >= 15 is 0 Å². The van der Waals surface area contributed by atoms with E-state index in [2.05, 4.69) is 4.74 Å². The second-order valence-corrected chi connectivity index (χ2v) is 4.78. The van der Waals surface area contributed by atoms with Crippen LogP contribution in [0.1, 0.15) is 13.3 Å². The molecule has 0 saturated carbocycles. The van der Waals surface area contributed by atoms with Gasteiger partial charge in [-0.15, -0.1) is 23.2 Å². The monoisotopic (exact) mass is 252 g/mol. The topological polar surface area (TPSA) is 26.3 Å². The molecule has 0 aromatic heterocycles. The van der Waals surface area contributed by atoms with Crippen LogP contribution in [-0.2, 0) is 9.53 Å². The molecule has 2 nitrogen and oxygen atoms in total. The Balaban J connectivity index is 4.09. The molecule has 0 spiro atoms. The van der Waals surface area contributed by atoms with Crippen LogP contribution in [0.25, 0.3) is 0 Å². The Kier molecular flexibility index (Phi) is 5.66. The van der Waals surface area contributed by atoms with E-state index in [4.69, 9.17) is 46.4 Å². The largest absolute Gasteiger partial charge is 0.464 e. The maximum absolute atomic E-state index is 11.0. The van der Waals surface area contributed by atoms with Gasteiger partial charge in [-0.05, 0) is 6.92 Å². The SMILES string of the molecule is CCOC(=O)C(Cl)(Cl)CC(Cl)Cl. The lowest BCUT2D eigenvalue weighted by atomic mass is 10.3. The molecule has 0 unspecified atom stereocenters. The van der Waals surface area contributed by atoms with Gasteiger partial charge in [-0.25, -0.2) is 4.79 Å². The van der Waals surface area contributed by atoms with Crippen molar-refractivity contribution in [3.05, 3.63) is 0 Å². The molecule has 0 N–H and O–H groups in total. The molecule has 0 aromatic rings. The summed E-state index contributed by atoms with van der Waals surface area (Å²) in [6.45, 7) is 1.87. The fourth-order valence-electron chi connectivity index (χ4n) is 0.514. The number of halogens is 4. The van der Waals surface area contributed by atoms with Gasteiger partial charge in [0.15, 0.2) is 0 Å². The molecule has 0 radical (unpaired) electrons. The number of hydrogen-bond donors (Lipinski definition) is 0. The van der Waals surface area contributed by atoms with Gasteiger partial charge in [0, 0.05) is 6.42 Å². The molecule has 0 saturated heterocycles. The lowest BCUT2D eigenvalue weighted by molar-refractivity contribution is -0.144. The van der Waals surface area contributed by atoms with Crippen LogP contribution in [0.5, 0.6) is 0 Å². The summed E-state index contributed by atoms with van der Waals surface area (Å²) in [4.78, 5) is 10.2. The maximum Gasteiger partial charge on any atom is 0.342 e. The second-order valence-electron chi connectivity index (χ2n) is 2.02. The molecule has 0 atom stereocenters. The molecule has 0 aromatic carbocycles. The highest BCUT2D eigenvalue weighted by atomic mass is 35.5. The van der Waals surface area contributed by atoms with Crippen molar-refractivity contribution < 1.29 is 9.53 Å². The standard InChI is InChI=1S/C6H8Cl4O2/c1-2-12-5(11)6(9,10)3-4(7)8/h4H,2-3H2,1H3. The first-order valence-electron chi connectivity index (χ1n) is 3.23. The Morgan fingerprint density at radius 1 is 1.50 bits per heavy atom. The number of rotatable bonds is 4. The van der Waals surface area contributed by atoms with Gasteiger partial charge in [0.1, 0.15) is 4.84 Å². The molecule has 0 rings (SSSR count). The van der Waals surface area contributed by atoms with Crippen LogP contribution in [-0.4, -0.2) is 21.7 Å². The molecular formula is C6H8Cl4O2. The third-order valence-electron chi connectivity index (χ3n) is 0.985. The van der Waals surface area contributed by atoms with Gasteiger partial charge < -0.3 is 4.74 Å². The summed E-state index contributed by atoms with van der Waals surface area (Å²) < 4.78 is 2.94. The molecule has 0 bridgehead atoms. The van der Waals surface area contributed by atoms with Crippen molar-refractivity contribution >= 4 is 52.4 Å². The molecule has 0 aliphatic heterocycles. The lowest BCUT2D eigenvalue weighted by Crippen LogP contribution is -2.30. The highest BCUT2D eigenvalue weighted by Crippen LogP contribution is 2.31. The summed E-state index contributed by atoms with van der Waals surface area (Å²) in [6, 6.07) is 0. The molecule has 0 aliphatic carbocycles. The van der Waals surface area contributed by atoms with Crippen molar-refractivity contribution in [3.8, 4) is 0 Å². The lowest BCUT2D eigenvalue weighted by Gasteiger charge is -2.17. The van der Waals surface area contributed by atoms with Gasteiger partial charge >= 0.3 is 5.97 Å². The van der Waals surface area contributed by atoms with Crippen LogP contribution in [0.3, 0.4) is 0 Å². The second kappa shape index (κ2) is 5.38. The Morgan fingerprint density at radius 3 is 2.33 bits per heavy atom. The molecule has 0 heterocycles. The summed E-state index contributed by atoms with van der Waals surface area (Å²) >= 11 is 22.0. The van der Waals surface area contributed by atoms with E-state index in [1.807, 2.05) is 0 Å². The van der Waals surface area contributed by atoms with Crippen LogP contribution in [0.2, 0.25) is 0 Å². The highest BCUT2D eigenvalue weighted by Gasteiger charge is 2.37. The van der Waals surface area contributed by atoms with E-state index in [0.29, 0.717) is 0 Å². The quantitative estimate of drug-likeness (QED) is 0.569. The molecule has 0 fully saturated rings. The summed E-state index contributed by atoms with van der Waals surface area (Å²) in [5.74, 6) is -0.723. The van der Waals surface area contributed by atoms with Crippen molar-refractivity contribution in [3.63, 3.8) is 0 Å². The normalized spacial score (nSPS) is 11.8. The van der Waals surface area contributed by atoms with Crippen molar-refractivity contribution in [2.24, 2.45) is 0 Å². The van der Waals surface area contributed by atoms with Gasteiger partial charge in [-0.1, -0.05) is 23.2 Å². The number of alkyl halides is 4. The Morgan fingerprint density at radius 2 is 2.00 bits per heavy atom. The van der Waals surface area contributed by atoms with Gasteiger partial charge in [-0.2, -0.15) is 0 Å². The number of carbonyl (C=O) groups is 1.